The van der Waals surface area contributed by atoms with Gasteiger partial charge in [0.1, 0.15) is 5.82 Å². The number of nitrogens with one attached hydrogen (secondary N) is 1. The largest absolute Gasteiger partial charge is 0.464 e. The minimum Gasteiger partial charge on any atom is -0.464 e. The molecule has 5 nitrogen and oxygen atoms in total. The number of methoxy groups -OCH3 is 1. The monoisotopic (exact) mass is 279 g/mol. The number of nitrogens with zero attached hydrogens (tertiary/aromatic N) is 2. The van der Waals surface area contributed by atoms with Crippen LogP contribution in [0.15, 0.2) is 0 Å². The number of esters is 1. The molecule has 1 unspecified atom stereocenters. The molecule has 2 aliphatic heterocycles. The van der Waals surface area contributed by atoms with Crippen LogP contribution in [0.5, 0.6) is 0 Å². The summed E-state index contributed by atoms with van der Waals surface area (Å²) in [6, 6.07) is 0. The maximum atomic E-state index is 11.9. The van der Waals surface area contributed by atoms with Crippen molar-refractivity contribution < 1.29 is 9.53 Å². The van der Waals surface area contributed by atoms with E-state index in [9.17, 15) is 4.79 Å². The molecule has 1 atom stereocenters. The van der Waals surface area contributed by atoms with Crippen molar-refractivity contribution in [3.63, 3.8) is 0 Å². The maximum absolute atomic E-state index is 11.9. The van der Waals surface area contributed by atoms with Crippen molar-refractivity contribution in [2.75, 3.05) is 12.9 Å². The predicted octanol–water partition coefficient (Wildman–Crippen LogP) is 1.82. The molecule has 1 saturated heterocycles. The minimum atomic E-state index is -0.357. The molecule has 0 aliphatic carbocycles. The lowest BCUT2D eigenvalue weighted by Gasteiger charge is -2.20. The molecular formula is C13H17N3O2S. The van der Waals surface area contributed by atoms with Crippen LogP contribution in [0.2, 0.25) is 0 Å². The van der Waals surface area contributed by atoms with Crippen molar-refractivity contribution in [1.82, 2.24) is 15.3 Å². The third kappa shape index (κ3) is 2.47. The number of hydrogen-bond acceptors (Lipinski definition) is 6. The van der Waals surface area contributed by atoms with E-state index in [0.717, 1.165) is 29.3 Å². The highest BCUT2D eigenvalue weighted by molar-refractivity contribution is 7.99. The van der Waals surface area contributed by atoms with Gasteiger partial charge in [0.25, 0.3) is 0 Å². The minimum absolute atomic E-state index is 0.322. The van der Waals surface area contributed by atoms with Crippen molar-refractivity contribution in [2.45, 2.75) is 37.6 Å². The van der Waals surface area contributed by atoms with Gasteiger partial charge in [0.05, 0.1) is 18.1 Å². The summed E-state index contributed by atoms with van der Waals surface area (Å²) >= 11 is 1.89. The number of carbonyl (C=O) groups excluding carboxylic acids is 1. The highest BCUT2D eigenvalue weighted by Gasteiger charge is 2.27. The first-order valence-electron chi connectivity index (χ1n) is 6.60. The van der Waals surface area contributed by atoms with E-state index in [1.54, 1.807) is 0 Å². The van der Waals surface area contributed by atoms with Crippen LogP contribution in [0.3, 0.4) is 0 Å². The van der Waals surface area contributed by atoms with E-state index in [4.69, 9.17) is 4.74 Å². The molecule has 19 heavy (non-hydrogen) atoms. The Balaban J connectivity index is 1.99. The predicted molar refractivity (Wildman–Crippen MR) is 73.0 cm³/mol. The zero-order chi connectivity index (χ0) is 13.2. The molecule has 6 heteroatoms. The molecule has 0 bridgehead atoms. The van der Waals surface area contributed by atoms with Crippen LogP contribution in [0.1, 0.15) is 52.1 Å². The van der Waals surface area contributed by atoms with Crippen molar-refractivity contribution in [3.05, 3.63) is 22.8 Å². The molecule has 102 valence electrons. The Bertz CT molecular complexity index is 501. The Morgan fingerprint density at radius 1 is 1.37 bits per heavy atom. The Labute approximate surface area is 116 Å². The second kappa shape index (κ2) is 5.46. The van der Waals surface area contributed by atoms with Gasteiger partial charge in [-0.1, -0.05) is 6.42 Å². The second-order valence-corrected chi connectivity index (χ2v) is 6.12. The summed E-state index contributed by atoms with van der Waals surface area (Å²) in [5.41, 5.74) is 2.30. The van der Waals surface area contributed by atoms with Crippen molar-refractivity contribution in [3.8, 4) is 0 Å². The standard InChI is InChI=1S/C13H17N3O2S/c1-18-13(17)11-8-6-14-7-9(8)15-12(16-11)10-4-2-3-5-19-10/h10,14H,2-7H2,1H3. The highest BCUT2D eigenvalue weighted by Crippen LogP contribution is 2.37. The van der Waals surface area contributed by atoms with Crippen LogP contribution in [0.4, 0.5) is 0 Å². The summed E-state index contributed by atoms with van der Waals surface area (Å²) in [5.74, 6) is 1.59. The van der Waals surface area contributed by atoms with Gasteiger partial charge in [-0.25, -0.2) is 14.8 Å². The first-order valence-corrected chi connectivity index (χ1v) is 7.65. The van der Waals surface area contributed by atoms with E-state index >= 15 is 0 Å². The zero-order valence-electron chi connectivity index (χ0n) is 10.9. The van der Waals surface area contributed by atoms with E-state index < -0.39 is 0 Å². The van der Waals surface area contributed by atoms with Crippen molar-refractivity contribution >= 4 is 17.7 Å². The van der Waals surface area contributed by atoms with Crippen molar-refractivity contribution in [1.29, 1.82) is 0 Å². The summed E-state index contributed by atoms with van der Waals surface area (Å²) < 4.78 is 4.84. The van der Waals surface area contributed by atoms with Crippen LogP contribution >= 0.6 is 11.8 Å². The number of aromatic nitrogens is 2. The zero-order valence-corrected chi connectivity index (χ0v) is 11.8. The lowest BCUT2D eigenvalue weighted by atomic mass is 10.1. The van der Waals surface area contributed by atoms with Crippen molar-refractivity contribution in [2.24, 2.45) is 0 Å². The van der Waals surface area contributed by atoms with Gasteiger partial charge in [-0.3, -0.25) is 0 Å². The van der Waals surface area contributed by atoms with E-state index in [1.165, 1.54) is 20.0 Å². The Morgan fingerprint density at radius 3 is 3.00 bits per heavy atom. The van der Waals surface area contributed by atoms with Crippen LogP contribution in [0.25, 0.3) is 0 Å². The molecular weight excluding hydrogens is 262 g/mol. The maximum Gasteiger partial charge on any atom is 0.357 e. The average Bonchev–Trinajstić information content (AvgIpc) is 2.94. The number of thioether (sulfide) groups is 1. The molecule has 1 aromatic heterocycles. The van der Waals surface area contributed by atoms with Gasteiger partial charge in [-0.05, 0) is 18.6 Å². The number of carbonyl (C=O) groups is 1. The molecule has 0 saturated carbocycles. The Kier molecular flexibility index (Phi) is 3.70. The summed E-state index contributed by atoms with van der Waals surface area (Å²) in [6.07, 6.45) is 3.57. The third-order valence-corrected chi connectivity index (χ3v) is 4.92. The number of ether oxygens (including phenoxy) is 1. The second-order valence-electron chi connectivity index (χ2n) is 4.81. The van der Waals surface area contributed by atoms with Crippen LogP contribution in [-0.2, 0) is 17.8 Å². The van der Waals surface area contributed by atoms with Gasteiger partial charge in [0.15, 0.2) is 5.69 Å². The van der Waals surface area contributed by atoms with Gasteiger partial charge in [0.2, 0.25) is 0 Å². The van der Waals surface area contributed by atoms with Gasteiger partial charge < -0.3 is 10.1 Å². The Morgan fingerprint density at radius 2 is 2.26 bits per heavy atom. The topological polar surface area (TPSA) is 64.1 Å². The first-order chi connectivity index (χ1) is 9.29. The number of fused-ring (bicyclic) bond motifs is 1. The van der Waals surface area contributed by atoms with Crippen LogP contribution in [-0.4, -0.2) is 28.8 Å². The molecule has 0 radical (unpaired) electrons. The van der Waals surface area contributed by atoms with Crippen LogP contribution in [0, 0.1) is 0 Å². The smallest absolute Gasteiger partial charge is 0.357 e. The normalized spacial score (nSPS) is 22.1. The molecule has 1 N–H and O–H groups in total. The molecule has 3 heterocycles. The summed E-state index contributed by atoms with van der Waals surface area (Å²) in [6.45, 7) is 1.37. The average molecular weight is 279 g/mol. The summed E-state index contributed by atoms with van der Waals surface area (Å²) in [7, 11) is 1.40. The SMILES string of the molecule is COC(=O)c1nc(C2CCCCS2)nc2c1CNC2. The highest BCUT2D eigenvalue weighted by atomic mass is 32.2. The molecule has 3 rings (SSSR count). The Hall–Kier alpha value is -1.14. The number of hydrogen-bond donors (Lipinski definition) is 1. The van der Waals surface area contributed by atoms with Gasteiger partial charge in [0, 0.05) is 18.7 Å². The fourth-order valence-electron chi connectivity index (χ4n) is 2.54. The van der Waals surface area contributed by atoms with E-state index in [1.807, 2.05) is 11.8 Å². The lowest BCUT2D eigenvalue weighted by molar-refractivity contribution is 0.0592. The van der Waals surface area contributed by atoms with Gasteiger partial charge >= 0.3 is 5.97 Å². The first kappa shape index (κ1) is 12.9. The molecule has 0 amide bonds. The fraction of sp³-hybridized carbons (Fsp3) is 0.615. The molecule has 0 aromatic carbocycles. The molecule has 0 spiro atoms. The summed E-state index contributed by atoms with van der Waals surface area (Å²) in [4.78, 5) is 21.0. The quantitative estimate of drug-likeness (QED) is 0.833. The molecule has 1 aromatic rings. The van der Waals surface area contributed by atoms with Gasteiger partial charge in [-0.2, -0.15) is 11.8 Å². The van der Waals surface area contributed by atoms with Gasteiger partial charge in [-0.15, -0.1) is 0 Å². The number of rotatable bonds is 2. The summed E-state index contributed by atoms with van der Waals surface area (Å²) in [5, 5.41) is 3.54. The van der Waals surface area contributed by atoms with E-state index in [-0.39, 0.29) is 5.97 Å². The molecule has 1 fully saturated rings. The third-order valence-electron chi connectivity index (χ3n) is 3.55. The van der Waals surface area contributed by atoms with E-state index in [2.05, 4.69) is 15.3 Å². The molecule has 2 aliphatic rings. The lowest BCUT2D eigenvalue weighted by Crippen LogP contribution is -2.15. The van der Waals surface area contributed by atoms with Crippen LogP contribution < -0.4 is 5.32 Å². The fourth-order valence-corrected chi connectivity index (χ4v) is 3.78. The van der Waals surface area contributed by atoms with E-state index in [0.29, 0.717) is 24.0 Å².